The van der Waals surface area contributed by atoms with Crippen LogP contribution in [0.15, 0.2) is 24.3 Å². The van der Waals surface area contributed by atoms with Crippen molar-refractivity contribution in [2.24, 2.45) is 0 Å². The Morgan fingerprint density at radius 2 is 1.72 bits per heavy atom. The second-order valence-corrected chi connectivity index (χ2v) is 8.50. The molecule has 0 spiro atoms. The molecule has 5 nitrogen and oxygen atoms in total. The lowest BCUT2D eigenvalue weighted by Crippen LogP contribution is -2.53. The van der Waals surface area contributed by atoms with E-state index in [9.17, 15) is 20.1 Å². The van der Waals surface area contributed by atoms with Crippen molar-refractivity contribution < 1.29 is 20.1 Å². The average molecular weight is 347 g/mol. The number of fused-ring (bicyclic) bond motifs is 1. The predicted octanol–water partition coefficient (Wildman–Crippen LogP) is 1.49. The molecule has 1 aromatic rings. The van der Waals surface area contributed by atoms with Gasteiger partial charge < -0.3 is 15.3 Å². The number of piperidine rings is 1. The second kappa shape index (κ2) is 6.80. The van der Waals surface area contributed by atoms with Crippen LogP contribution in [0.25, 0.3) is 0 Å². The molecule has 0 aromatic heterocycles. The molecule has 2 aliphatic heterocycles. The summed E-state index contributed by atoms with van der Waals surface area (Å²) in [4.78, 5) is 14.6. The van der Waals surface area contributed by atoms with Gasteiger partial charge in [0.15, 0.2) is 5.78 Å². The van der Waals surface area contributed by atoms with Crippen LogP contribution in [-0.4, -0.2) is 62.9 Å². The Morgan fingerprint density at radius 1 is 1.08 bits per heavy atom. The van der Waals surface area contributed by atoms with Gasteiger partial charge in [-0.2, -0.15) is 0 Å². The number of carbonyl (C=O) groups excluding carboxylic acids is 1. The molecular formula is C20H29NO4. The van der Waals surface area contributed by atoms with Crippen molar-refractivity contribution in [1.82, 2.24) is 4.90 Å². The van der Waals surface area contributed by atoms with Crippen LogP contribution in [0.1, 0.15) is 56.0 Å². The summed E-state index contributed by atoms with van der Waals surface area (Å²) >= 11 is 0. The van der Waals surface area contributed by atoms with Crippen LogP contribution in [0.2, 0.25) is 0 Å². The SMILES string of the molecule is CC(C)(C)c1ccc(C(=O)C[C@@H]2CC[C@@H](O)[C@@H]3[C@H](O)[C@H](O)CN23)cc1. The van der Waals surface area contributed by atoms with Gasteiger partial charge in [-0.05, 0) is 23.8 Å². The Bertz CT molecular complexity index is 622. The van der Waals surface area contributed by atoms with E-state index in [1.54, 1.807) is 0 Å². The first kappa shape index (κ1) is 18.5. The fraction of sp³-hybridized carbons (Fsp3) is 0.650. The number of benzene rings is 1. The van der Waals surface area contributed by atoms with Crippen LogP contribution in [0.4, 0.5) is 0 Å². The molecule has 25 heavy (non-hydrogen) atoms. The fourth-order valence-electron chi connectivity index (χ4n) is 4.12. The van der Waals surface area contributed by atoms with Crippen LogP contribution in [0.5, 0.6) is 0 Å². The first-order chi connectivity index (χ1) is 11.7. The molecule has 0 unspecified atom stereocenters. The van der Waals surface area contributed by atoms with Crippen LogP contribution in [0, 0.1) is 0 Å². The molecule has 3 N–H and O–H groups in total. The summed E-state index contributed by atoms with van der Waals surface area (Å²) in [5.41, 5.74) is 1.93. The summed E-state index contributed by atoms with van der Waals surface area (Å²) < 4.78 is 0. The standard InChI is InChI=1S/C20H29NO4/c1-20(2,3)13-6-4-12(5-7-13)16(23)10-14-8-9-15(22)18-19(25)17(24)11-21(14)18/h4-7,14-15,17-19,22,24-25H,8-11H2,1-3H3/t14-,15+,17+,18+,19+/m0/s1. The lowest BCUT2D eigenvalue weighted by molar-refractivity contribution is -0.0453. The van der Waals surface area contributed by atoms with Crippen molar-refractivity contribution >= 4 is 5.78 Å². The van der Waals surface area contributed by atoms with Gasteiger partial charge in [0.05, 0.1) is 24.4 Å². The molecule has 2 heterocycles. The number of aliphatic hydroxyl groups excluding tert-OH is 3. The molecular weight excluding hydrogens is 318 g/mol. The van der Waals surface area contributed by atoms with Crippen molar-refractivity contribution in [2.45, 2.75) is 75.8 Å². The topological polar surface area (TPSA) is 81.0 Å². The molecule has 2 saturated heterocycles. The molecule has 0 saturated carbocycles. The number of carbonyl (C=O) groups is 1. The summed E-state index contributed by atoms with van der Waals surface area (Å²) in [5.74, 6) is 0.0662. The zero-order valence-electron chi connectivity index (χ0n) is 15.2. The lowest BCUT2D eigenvalue weighted by Gasteiger charge is -2.41. The Balaban J connectivity index is 1.70. The Morgan fingerprint density at radius 3 is 2.32 bits per heavy atom. The highest BCUT2D eigenvalue weighted by molar-refractivity contribution is 5.96. The number of hydrogen-bond donors (Lipinski definition) is 3. The van der Waals surface area contributed by atoms with E-state index in [0.29, 0.717) is 31.4 Å². The summed E-state index contributed by atoms with van der Waals surface area (Å²) in [6.07, 6.45) is -0.864. The smallest absolute Gasteiger partial charge is 0.164 e. The summed E-state index contributed by atoms with van der Waals surface area (Å²) in [5, 5.41) is 30.2. The summed E-state index contributed by atoms with van der Waals surface area (Å²) in [6.45, 7) is 6.73. The predicted molar refractivity (Wildman–Crippen MR) is 95.6 cm³/mol. The molecule has 0 amide bonds. The molecule has 1 aromatic carbocycles. The maximum absolute atomic E-state index is 12.7. The zero-order chi connectivity index (χ0) is 18.4. The second-order valence-electron chi connectivity index (χ2n) is 8.50. The minimum absolute atomic E-state index is 0.0463. The number of hydrogen-bond acceptors (Lipinski definition) is 5. The van der Waals surface area contributed by atoms with Gasteiger partial charge in [0, 0.05) is 24.6 Å². The van der Waals surface area contributed by atoms with Crippen LogP contribution >= 0.6 is 0 Å². The minimum Gasteiger partial charge on any atom is -0.391 e. The van der Waals surface area contributed by atoms with E-state index in [1.165, 1.54) is 5.56 Å². The largest absolute Gasteiger partial charge is 0.391 e. The van der Waals surface area contributed by atoms with Gasteiger partial charge in [0.2, 0.25) is 0 Å². The van der Waals surface area contributed by atoms with Gasteiger partial charge >= 0.3 is 0 Å². The van der Waals surface area contributed by atoms with Gasteiger partial charge in [-0.15, -0.1) is 0 Å². The number of aliphatic hydroxyl groups is 3. The lowest BCUT2D eigenvalue weighted by atomic mass is 9.85. The summed E-state index contributed by atoms with van der Waals surface area (Å²) in [6, 6.07) is 7.26. The summed E-state index contributed by atoms with van der Waals surface area (Å²) in [7, 11) is 0. The van der Waals surface area contributed by atoms with Gasteiger partial charge in [0.25, 0.3) is 0 Å². The molecule has 0 radical (unpaired) electrons. The van der Waals surface area contributed by atoms with Gasteiger partial charge in [-0.25, -0.2) is 0 Å². The molecule has 0 bridgehead atoms. The van der Waals surface area contributed by atoms with Crippen molar-refractivity contribution in [3.05, 3.63) is 35.4 Å². The zero-order valence-corrected chi connectivity index (χ0v) is 15.2. The van der Waals surface area contributed by atoms with Crippen LogP contribution < -0.4 is 0 Å². The maximum atomic E-state index is 12.7. The molecule has 3 rings (SSSR count). The fourth-order valence-corrected chi connectivity index (χ4v) is 4.12. The molecule has 2 aliphatic rings. The van der Waals surface area contributed by atoms with E-state index >= 15 is 0 Å². The van der Waals surface area contributed by atoms with E-state index in [1.807, 2.05) is 29.2 Å². The van der Waals surface area contributed by atoms with E-state index in [0.717, 1.165) is 0 Å². The molecule has 0 aliphatic carbocycles. The van der Waals surface area contributed by atoms with E-state index < -0.39 is 24.4 Å². The van der Waals surface area contributed by atoms with E-state index in [4.69, 9.17) is 0 Å². The Labute approximate surface area is 149 Å². The molecule has 5 atom stereocenters. The number of nitrogens with zero attached hydrogens (tertiary/aromatic N) is 1. The highest BCUT2D eigenvalue weighted by atomic mass is 16.3. The van der Waals surface area contributed by atoms with Crippen LogP contribution in [0.3, 0.4) is 0 Å². The normalized spacial score (nSPS) is 33.3. The number of rotatable bonds is 3. The third kappa shape index (κ3) is 3.65. The number of Topliss-reactive ketones (excluding diaryl/α,β-unsaturated/α-hetero) is 1. The molecule has 138 valence electrons. The van der Waals surface area contributed by atoms with Crippen molar-refractivity contribution in [1.29, 1.82) is 0 Å². The van der Waals surface area contributed by atoms with Crippen molar-refractivity contribution in [3.8, 4) is 0 Å². The molecule has 5 heteroatoms. The number of ketones is 1. The van der Waals surface area contributed by atoms with E-state index in [2.05, 4.69) is 20.8 Å². The first-order valence-corrected chi connectivity index (χ1v) is 9.12. The molecule has 2 fully saturated rings. The Hall–Kier alpha value is -1.27. The maximum Gasteiger partial charge on any atom is 0.164 e. The van der Waals surface area contributed by atoms with Gasteiger partial charge in [0.1, 0.15) is 0 Å². The monoisotopic (exact) mass is 347 g/mol. The minimum atomic E-state index is -0.945. The average Bonchev–Trinajstić information content (AvgIpc) is 2.86. The third-order valence-corrected chi connectivity index (χ3v) is 5.68. The highest BCUT2D eigenvalue weighted by Gasteiger charge is 2.49. The van der Waals surface area contributed by atoms with Crippen molar-refractivity contribution in [3.63, 3.8) is 0 Å². The first-order valence-electron chi connectivity index (χ1n) is 9.12. The van der Waals surface area contributed by atoms with Crippen LogP contribution in [-0.2, 0) is 5.41 Å². The highest BCUT2D eigenvalue weighted by Crippen LogP contribution is 2.34. The van der Waals surface area contributed by atoms with E-state index in [-0.39, 0.29) is 17.2 Å². The third-order valence-electron chi connectivity index (χ3n) is 5.68. The Kier molecular flexibility index (Phi) is 5.04. The quantitative estimate of drug-likeness (QED) is 0.722. The van der Waals surface area contributed by atoms with Gasteiger partial charge in [-0.1, -0.05) is 45.0 Å². The van der Waals surface area contributed by atoms with Gasteiger partial charge in [-0.3, -0.25) is 9.69 Å². The van der Waals surface area contributed by atoms with Crippen molar-refractivity contribution in [2.75, 3.05) is 6.54 Å².